The molecule has 0 bridgehead atoms. The Morgan fingerprint density at radius 3 is 2.94 bits per heavy atom. The number of nitrogens with one attached hydrogen (secondary N) is 1. The maximum absolute atomic E-state index is 13.0. The number of rotatable bonds is 6. The monoisotopic (exact) mass is 262 g/mol. The molecule has 0 saturated heterocycles. The van der Waals surface area contributed by atoms with Gasteiger partial charge in [0, 0.05) is 11.1 Å². The van der Waals surface area contributed by atoms with Gasteiger partial charge < -0.3 is 0 Å². The summed E-state index contributed by atoms with van der Waals surface area (Å²) in [6.07, 6.45) is 3.63. The molecule has 1 rings (SSSR count). The van der Waals surface area contributed by atoms with E-state index in [1.165, 1.54) is 12.1 Å². The van der Waals surface area contributed by atoms with Crippen molar-refractivity contribution in [1.82, 2.24) is 5.43 Å². The smallest absolute Gasteiger partial charge is 0.123 e. The molecule has 0 fully saturated rings. The highest BCUT2D eigenvalue weighted by atomic mass is 35.5. The van der Waals surface area contributed by atoms with Crippen LogP contribution in [0.1, 0.15) is 12.0 Å². The minimum atomic E-state index is -0.264. The highest BCUT2D eigenvalue weighted by Crippen LogP contribution is 2.19. The Balaban J connectivity index is 2.65. The lowest BCUT2D eigenvalue weighted by Crippen LogP contribution is -2.37. The second-order valence-corrected chi connectivity index (χ2v) is 4.98. The van der Waals surface area contributed by atoms with Gasteiger partial charge in [-0.1, -0.05) is 11.6 Å². The van der Waals surface area contributed by atoms with Crippen molar-refractivity contribution in [3.05, 3.63) is 34.6 Å². The first-order valence-electron chi connectivity index (χ1n) is 5.06. The van der Waals surface area contributed by atoms with Crippen molar-refractivity contribution in [2.45, 2.75) is 18.9 Å². The Morgan fingerprint density at radius 2 is 2.31 bits per heavy atom. The molecule has 0 spiro atoms. The van der Waals surface area contributed by atoms with Gasteiger partial charge in [0.1, 0.15) is 5.82 Å². The van der Waals surface area contributed by atoms with E-state index in [1.807, 2.05) is 6.26 Å². The maximum atomic E-state index is 13.0. The predicted molar refractivity (Wildman–Crippen MR) is 69.2 cm³/mol. The summed E-state index contributed by atoms with van der Waals surface area (Å²) in [4.78, 5) is 0. The van der Waals surface area contributed by atoms with E-state index in [1.54, 1.807) is 17.8 Å². The minimum absolute atomic E-state index is 0.131. The highest BCUT2D eigenvalue weighted by Gasteiger charge is 2.10. The van der Waals surface area contributed by atoms with Crippen LogP contribution in [0.25, 0.3) is 0 Å². The second kappa shape index (κ2) is 7.12. The lowest BCUT2D eigenvalue weighted by atomic mass is 10.0. The van der Waals surface area contributed by atoms with E-state index in [2.05, 4.69) is 5.43 Å². The van der Waals surface area contributed by atoms with Crippen molar-refractivity contribution in [2.75, 3.05) is 12.0 Å². The number of thioether (sulfide) groups is 1. The van der Waals surface area contributed by atoms with Crippen molar-refractivity contribution in [3.63, 3.8) is 0 Å². The van der Waals surface area contributed by atoms with Crippen LogP contribution in [-0.2, 0) is 6.42 Å². The molecule has 0 aliphatic carbocycles. The molecule has 90 valence electrons. The number of hydrogen-bond donors (Lipinski definition) is 2. The molecule has 0 heterocycles. The van der Waals surface area contributed by atoms with Gasteiger partial charge in [0.15, 0.2) is 0 Å². The van der Waals surface area contributed by atoms with Gasteiger partial charge in [-0.05, 0) is 48.6 Å². The van der Waals surface area contributed by atoms with E-state index >= 15 is 0 Å². The summed E-state index contributed by atoms with van der Waals surface area (Å²) in [7, 11) is 0. The van der Waals surface area contributed by atoms with Crippen molar-refractivity contribution in [1.29, 1.82) is 0 Å². The standard InChI is InChI=1S/C11H16ClFN2S/c1-16-5-4-10(15-14)7-8-6-9(13)2-3-11(8)12/h2-3,6,10,15H,4-5,7,14H2,1H3. The summed E-state index contributed by atoms with van der Waals surface area (Å²) in [5.41, 5.74) is 3.53. The van der Waals surface area contributed by atoms with E-state index in [4.69, 9.17) is 17.4 Å². The van der Waals surface area contributed by atoms with Crippen LogP contribution >= 0.6 is 23.4 Å². The van der Waals surface area contributed by atoms with E-state index in [0.29, 0.717) is 11.4 Å². The summed E-state index contributed by atoms with van der Waals surface area (Å²) in [5, 5.41) is 0.589. The van der Waals surface area contributed by atoms with Crippen molar-refractivity contribution < 1.29 is 4.39 Å². The fraction of sp³-hybridized carbons (Fsp3) is 0.455. The Hall–Kier alpha value is -0.290. The summed E-state index contributed by atoms with van der Waals surface area (Å²) >= 11 is 7.75. The molecule has 5 heteroatoms. The third-order valence-corrected chi connectivity index (χ3v) is 3.39. The Kier molecular flexibility index (Phi) is 6.13. The molecule has 3 N–H and O–H groups in total. The quantitative estimate of drug-likeness (QED) is 0.611. The Morgan fingerprint density at radius 1 is 1.56 bits per heavy atom. The van der Waals surface area contributed by atoms with Crippen LogP contribution in [0, 0.1) is 5.82 Å². The molecule has 0 saturated carbocycles. The van der Waals surface area contributed by atoms with E-state index in [9.17, 15) is 4.39 Å². The molecule has 1 atom stereocenters. The largest absolute Gasteiger partial charge is 0.271 e. The topological polar surface area (TPSA) is 38.0 Å². The third-order valence-electron chi connectivity index (χ3n) is 2.38. The molecule has 1 aromatic rings. The molecular formula is C11H16ClFN2S. The van der Waals surface area contributed by atoms with Gasteiger partial charge in [0.2, 0.25) is 0 Å². The summed E-state index contributed by atoms with van der Waals surface area (Å²) in [5.74, 6) is 6.21. The first-order chi connectivity index (χ1) is 7.67. The fourth-order valence-electron chi connectivity index (χ4n) is 1.47. The molecule has 0 aliphatic rings. The second-order valence-electron chi connectivity index (χ2n) is 3.58. The zero-order valence-corrected chi connectivity index (χ0v) is 10.7. The van der Waals surface area contributed by atoms with Gasteiger partial charge in [-0.3, -0.25) is 11.3 Å². The van der Waals surface area contributed by atoms with Crippen molar-refractivity contribution >= 4 is 23.4 Å². The lowest BCUT2D eigenvalue weighted by Gasteiger charge is -2.16. The Labute approximate surface area is 105 Å². The van der Waals surface area contributed by atoms with Crippen LogP contribution in [0.3, 0.4) is 0 Å². The Bertz CT molecular complexity index is 336. The van der Waals surface area contributed by atoms with E-state index in [0.717, 1.165) is 17.7 Å². The average Bonchev–Trinajstić information content (AvgIpc) is 2.28. The van der Waals surface area contributed by atoms with Gasteiger partial charge >= 0.3 is 0 Å². The minimum Gasteiger partial charge on any atom is -0.271 e. The van der Waals surface area contributed by atoms with Crippen LogP contribution in [0.5, 0.6) is 0 Å². The number of hydrazine groups is 1. The summed E-state index contributed by atoms with van der Waals surface area (Å²) in [6, 6.07) is 4.53. The number of hydrogen-bond acceptors (Lipinski definition) is 3. The average molecular weight is 263 g/mol. The van der Waals surface area contributed by atoms with Gasteiger partial charge in [-0.15, -0.1) is 0 Å². The molecule has 0 aliphatic heterocycles. The van der Waals surface area contributed by atoms with Crippen LogP contribution in [0.2, 0.25) is 5.02 Å². The molecule has 1 unspecified atom stereocenters. The van der Waals surface area contributed by atoms with Gasteiger partial charge in [-0.25, -0.2) is 4.39 Å². The SMILES string of the molecule is CSCCC(Cc1cc(F)ccc1Cl)NN. The zero-order chi connectivity index (χ0) is 12.0. The van der Waals surface area contributed by atoms with Gasteiger partial charge in [-0.2, -0.15) is 11.8 Å². The number of benzene rings is 1. The highest BCUT2D eigenvalue weighted by molar-refractivity contribution is 7.98. The molecule has 16 heavy (non-hydrogen) atoms. The lowest BCUT2D eigenvalue weighted by molar-refractivity contribution is 0.512. The van der Waals surface area contributed by atoms with Gasteiger partial charge in [0.25, 0.3) is 0 Å². The first kappa shape index (κ1) is 13.8. The third kappa shape index (κ3) is 4.29. The molecule has 1 aromatic carbocycles. The summed E-state index contributed by atoms with van der Waals surface area (Å²) < 4.78 is 13.0. The van der Waals surface area contributed by atoms with Crippen LogP contribution in [0.4, 0.5) is 4.39 Å². The molecule has 2 nitrogen and oxygen atoms in total. The van der Waals surface area contributed by atoms with E-state index < -0.39 is 0 Å². The van der Waals surface area contributed by atoms with E-state index in [-0.39, 0.29) is 11.9 Å². The van der Waals surface area contributed by atoms with Crippen LogP contribution < -0.4 is 11.3 Å². The fourth-order valence-corrected chi connectivity index (χ4v) is 2.18. The zero-order valence-electron chi connectivity index (χ0n) is 9.17. The molecule has 0 amide bonds. The number of halogens is 2. The van der Waals surface area contributed by atoms with Crippen LogP contribution in [0.15, 0.2) is 18.2 Å². The van der Waals surface area contributed by atoms with Gasteiger partial charge in [0.05, 0.1) is 0 Å². The molecular weight excluding hydrogens is 247 g/mol. The normalized spacial score (nSPS) is 12.8. The van der Waals surface area contributed by atoms with Crippen molar-refractivity contribution in [3.8, 4) is 0 Å². The van der Waals surface area contributed by atoms with Crippen molar-refractivity contribution in [2.24, 2.45) is 5.84 Å². The van der Waals surface area contributed by atoms with Crippen LogP contribution in [-0.4, -0.2) is 18.1 Å². The predicted octanol–water partition coefficient (Wildman–Crippen LogP) is 2.61. The summed E-state index contributed by atoms with van der Waals surface area (Å²) in [6.45, 7) is 0. The maximum Gasteiger partial charge on any atom is 0.123 e. The number of nitrogens with two attached hydrogens (primary N) is 1. The molecule has 0 radical (unpaired) electrons. The first-order valence-corrected chi connectivity index (χ1v) is 6.83. The molecule has 0 aromatic heterocycles.